The number of nitrogens with two attached hydrogens (primary N) is 1. The second-order valence-electron chi connectivity index (χ2n) is 6.35. The summed E-state index contributed by atoms with van der Waals surface area (Å²) in [5.74, 6) is 1.48. The van der Waals surface area contributed by atoms with E-state index in [9.17, 15) is 0 Å². The molecule has 2 aromatic rings. The summed E-state index contributed by atoms with van der Waals surface area (Å²) < 4.78 is 10.8. The van der Waals surface area contributed by atoms with Crippen molar-refractivity contribution in [2.75, 3.05) is 26.7 Å². The minimum absolute atomic E-state index is 0. The molecule has 0 saturated carbocycles. The van der Waals surface area contributed by atoms with E-state index in [0.29, 0.717) is 5.89 Å². The number of likely N-dealkylation sites (tertiary alicyclic amines) is 1. The number of hydrogen-bond acceptors (Lipinski definition) is 5. The summed E-state index contributed by atoms with van der Waals surface area (Å²) in [5.41, 5.74) is 8.02. The van der Waals surface area contributed by atoms with Crippen molar-refractivity contribution in [2.24, 2.45) is 11.1 Å². The van der Waals surface area contributed by atoms with Crippen LogP contribution in [0.1, 0.15) is 19.0 Å². The average molecular weight is 338 g/mol. The highest BCUT2D eigenvalue weighted by molar-refractivity contribution is 5.85. The molecule has 1 fully saturated rings. The summed E-state index contributed by atoms with van der Waals surface area (Å²) in [7, 11) is 1.66. The van der Waals surface area contributed by atoms with E-state index in [-0.39, 0.29) is 17.8 Å². The van der Waals surface area contributed by atoms with Crippen molar-refractivity contribution in [3.63, 3.8) is 0 Å². The molecule has 2 N–H and O–H groups in total. The number of hydrogen-bond donors (Lipinski definition) is 1. The second kappa shape index (κ2) is 7.34. The number of halogens is 1. The van der Waals surface area contributed by atoms with E-state index in [2.05, 4.69) is 16.8 Å². The smallest absolute Gasteiger partial charge is 0.226 e. The zero-order chi connectivity index (χ0) is 15.6. The van der Waals surface area contributed by atoms with Crippen molar-refractivity contribution < 1.29 is 9.15 Å². The van der Waals surface area contributed by atoms with Gasteiger partial charge in [-0.05, 0) is 49.2 Å². The molecule has 1 atom stereocenters. The van der Waals surface area contributed by atoms with Crippen molar-refractivity contribution in [3.05, 3.63) is 36.2 Å². The SMILES string of the molecule is COc1ccc(-c2nc(CN3CCC(C)(CN)C3)co2)cc1.Cl. The van der Waals surface area contributed by atoms with Crippen LogP contribution in [0.5, 0.6) is 5.75 Å². The maximum atomic E-state index is 5.86. The Balaban J connectivity index is 0.00000192. The Bertz CT molecular complexity index is 629. The molecule has 1 aliphatic rings. The summed E-state index contributed by atoms with van der Waals surface area (Å²) in [6, 6.07) is 7.73. The molecule has 0 aliphatic carbocycles. The van der Waals surface area contributed by atoms with Gasteiger partial charge in [-0.3, -0.25) is 4.90 Å². The molecular weight excluding hydrogens is 314 g/mol. The third-order valence-corrected chi connectivity index (χ3v) is 4.40. The Morgan fingerprint density at radius 2 is 2.09 bits per heavy atom. The monoisotopic (exact) mass is 337 g/mol. The fourth-order valence-electron chi connectivity index (χ4n) is 2.90. The number of benzene rings is 1. The average Bonchev–Trinajstić information content (AvgIpc) is 3.16. The van der Waals surface area contributed by atoms with Gasteiger partial charge in [0, 0.05) is 18.7 Å². The molecule has 0 amide bonds. The van der Waals surface area contributed by atoms with Crippen LogP contribution in [-0.2, 0) is 6.54 Å². The molecule has 3 rings (SSSR count). The van der Waals surface area contributed by atoms with E-state index in [1.807, 2.05) is 24.3 Å². The minimum Gasteiger partial charge on any atom is -0.497 e. The summed E-state index contributed by atoms with van der Waals surface area (Å²) in [6.45, 7) is 5.89. The molecule has 1 saturated heterocycles. The highest BCUT2D eigenvalue weighted by atomic mass is 35.5. The quantitative estimate of drug-likeness (QED) is 0.908. The van der Waals surface area contributed by atoms with Crippen molar-refractivity contribution in [1.29, 1.82) is 0 Å². The van der Waals surface area contributed by atoms with Crippen molar-refractivity contribution in [2.45, 2.75) is 19.9 Å². The van der Waals surface area contributed by atoms with Crippen LogP contribution in [0.15, 0.2) is 34.9 Å². The van der Waals surface area contributed by atoms with E-state index in [0.717, 1.165) is 49.6 Å². The molecule has 1 unspecified atom stereocenters. The minimum atomic E-state index is 0. The van der Waals surface area contributed by atoms with Crippen LogP contribution in [0.3, 0.4) is 0 Å². The molecule has 5 nitrogen and oxygen atoms in total. The first-order valence-corrected chi connectivity index (χ1v) is 7.63. The molecule has 6 heteroatoms. The summed E-state index contributed by atoms with van der Waals surface area (Å²) in [5, 5.41) is 0. The molecule has 126 valence electrons. The van der Waals surface area contributed by atoms with Crippen molar-refractivity contribution in [3.8, 4) is 17.2 Å². The molecule has 1 aromatic heterocycles. The second-order valence-corrected chi connectivity index (χ2v) is 6.35. The molecule has 2 heterocycles. The number of nitrogens with zero attached hydrogens (tertiary/aromatic N) is 2. The van der Waals surface area contributed by atoms with Gasteiger partial charge in [0.25, 0.3) is 0 Å². The first kappa shape index (κ1) is 17.8. The van der Waals surface area contributed by atoms with Gasteiger partial charge in [0.1, 0.15) is 12.0 Å². The first-order valence-electron chi connectivity index (χ1n) is 7.63. The fraction of sp³-hybridized carbons (Fsp3) is 0.471. The largest absolute Gasteiger partial charge is 0.497 e. The van der Waals surface area contributed by atoms with E-state index in [4.69, 9.17) is 14.9 Å². The van der Waals surface area contributed by atoms with Gasteiger partial charge in [-0.2, -0.15) is 0 Å². The van der Waals surface area contributed by atoms with Crippen LogP contribution in [-0.4, -0.2) is 36.6 Å². The lowest BCUT2D eigenvalue weighted by Gasteiger charge is -2.21. The van der Waals surface area contributed by atoms with Gasteiger partial charge in [-0.15, -0.1) is 12.4 Å². The maximum Gasteiger partial charge on any atom is 0.226 e. The van der Waals surface area contributed by atoms with Crippen LogP contribution in [0.4, 0.5) is 0 Å². The zero-order valence-electron chi connectivity index (χ0n) is 13.6. The maximum absolute atomic E-state index is 5.86. The highest BCUT2D eigenvalue weighted by Crippen LogP contribution is 2.30. The third kappa shape index (κ3) is 4.05. The summed E-state index contributed by atoms with van der Waals surface area (Å²) in [6.07, 6.45) is 2.89. The molecule has 0 bridgehead atoms. The lowest BCUT2D eigenvalue weighted by atomic mass is 9.90. The van der Waals surface area contributed by atoms with Gasteiger partial charge in [-0.25, -0.2) is 4.98 Å². The third-order valence-electron chi connectivity index (χ3n) is 4.40. The summed E-state index contributed by atoms with van der Waals surface area (Å²) >= 11 is 0. The Labute approximate surface area is 143 Å². The van der Waals surface area contributed by atoms with Crippen LogP contribution in [0.2, 0.25) is 0 Å². The zero-order valence-corrected chi connectivity index (χ0v) is 14.4. The normalized spacial score (nSPS) is 21.2. The van der Waals surface area contributed by atoms with Crippen molar-refractivity contribution in [1.82, 2.24) is 9.88 Å². The summed E-state index contributed by atoms with van der Waals surface area (Å²) in [4.78, 5) is 6.98. The molecule has 0 radical (unpaired) electrons. The lowest BCUT2D eigenvalue weighted by Crippen LogP contribution is -2.31. The first-order chi connectivity index (χ1) is 10.6. The van der Waals surface area contributed by atoms with Gasteiger partial charge < -0.3 is 14.9 Å². The molecule has 1 aliphatic heterocycles. The van der Waals surface area contributed by atoms with Crippen LogP contribution in [0.25, 0.3) is 11.5 Å². The van der Waals surface area contributed by atoms with Gasteiger partial charge in [0.05, 0.1) is 12.8 Å². The topological polar surface area (TPSA) is 64.5 Å². The standard InChI is InChI=1S/C17H23N3O2.ClH/c1-17(11-18)7-8-20(12-17)9-14-10-22-16(19-14)13-3-5-15(21-2)6-4-13;/h3-6,10H,7-9,11-12,18H2,1-2H3;1H. The Kier molecular flexibility index (Phi) is 5.68. The highest BCUT2D eigenvalue weighted by Gasteiger charge is 2.32. The predicted octanol–water partition coefficient (Wildman–Crippen LogP) is 2.94. The van der Waals surface area contributed by atoms with Crippen LogP contribution in [0, 0.1) is 5.41 Å². The number of ether oxygens (including phenoxy) is 1. The van der Waals surface area contributed by atoms with E-state index in [1.165, 1.54) is 0 Å². The molecule has 1 aromatic carbocycles. The Morgan fingerprint density at radius 1 is 1.35 bits per heavy atom. The van der Waals surface area contributed by atoms with E-state index in [1.54, 1.807) is 13.4 Å². The Hall–Kier alpha value is -1.56. The van der Waals surface area contributed by atoms with E-state index >= 15 is 0 Å². The van der Waals surface area contributed by atoms with Gasteiger partial charge in [0.2, 0.25) is 5.89 Å². The van der Waals surface area contributed by atoms with Crippen molar-refractivity contribution >= 4 is 12.4 Å². The number of aromatic nitrogens is 1. The molecule has 0 spiro atoms. The van der Waals surface area contributed by atoms with E-state index < -0.39 is 0 Å². The van der Waals surface area contributed by atoms with Crippen LogP contribution < -0.4 is 10.5 Å². The lowest BCUT2D eigenvalue weighted by molar-refractivity contribution is 0.272. The molecular formula is C17H24ClN3O2. The van der Waals surface area contributed by atoms with Gasteiger partial charge in [-0.1, -0.05) is 6.92 Å². The predicted molar refractivity (Wildman–Crippen MR) is 92.8 cm³/mol. The number of rotatable bonds is 5. The van der Waals surface area contributed by atoms with Gasteiger partial charge in [0.15, 0.2) is 0 Å². The van der Waals surface area contributed by atoms with Crippen LogP contribution >= 0.6 is 12.4 Å². The fourth-order valence-corrected chi connectivity index (χ4v) is 2.90. The Morgan fingerprint density at radius 3 is 2.70 bits per heavy atom. The molecule has 23 heavy (non-hydrogen) atoms. The number of methoxy groups -OCH3 is 1. The van der Waals surface area contributed by atoms with Gasteiger partial charge >= 0.3 is 0 Å². The number of oxazole rings is 1.